The number of sulfonamides is 1. The molecule has 1 aromatic heterocycles. The second-order valence-corrected chi connectivity index (χ2v) is 11.6. The molecule has 1 fully saturated rings. The summed E-state index contributed by atoms with van der Waals surface area (Å²) >= 11 is 1.36. The van der Waals surface area contributed by atoms with Crippen molar-refractivity contribution in [3.05, 3.63) is 59.7 Å². The smallest absolute Gasteiger partial charge is 0.243 e. The van der Waals surface area contributed by atoms with E-state index in [-0.39, 0.29) is 5.41 Å². The average molecular weight is 457 g/mol. The number of hydrogen-bond acceptors (Lipinski definition) is 6. The lowest BCUT2D eigenvalue weighted by Crippen LogP contribution is -2.48. The van der Waals surface area contributed by atoms with Gasteiger partial charge in [0.1, 0.15) is 0 Å². The summed E-state index contributed by atoms with van der Waals surface area (Å²) in [7, 11) is -3.50. The van der Waals surface area contributed by atoms with E-state index in [9.17, 15) is 8.42 Å². The van der Waals surface area contributed by atoms with Crippen LogP contribution >= 0.6 is 11.5 Å². The van der Waals surface area contributed by atoms with Crippen LogP contribution in [0.25, 0.3) is 11.4 Å². The zero-order valence-electron chi connectivity index (χ0n) is 18.4. The molecule has 1 aliphatic heterocycles. The molecule has 0 saturated carbocycles. The van der Waals surface area contributed by atoms with E-state index in [1.807, 2.05) is 36.4 Å². The van der Waals surface area contributed by atoms with Gasteiger partial charge in [-0.3, -0.25) is 0 Å². The van der Waals surface area contributed by atoms with Crippen molar-refractivity contribution >= 4 is 26.7 Å². The zero-order chi connectivity index (χ0) is 22.2. The van der Waals surface area contributed by atoms with Gasteiger partial charge in [0.15, 0.2) is 5.82 Å². The number of aryl methyl sites for hydroxylation is 1. The first kappa shape index (κ1) is 21.9. The molecule has 1 saturated heterocycles. The maximum absolute atomic E-state index is 13.1. The van der Waals surface area contributed by atoms with E-state index < -0.39 is 10.0 Å². The Hall–Kier alpha value is -2.29. The van der Waals surface area contributed by atoms with Crippen LogP contribution in [0, 0.1) is 6.92 Å². The van der Waals surface area contributed by atoms with Crippen molar-refractivity contribution in [2.75, 3.05) is 31.1 Å². The molecule has 0 amide bonds. The first-order chi connectivity index (χ1) is 14.6. The molecule has 0 spiro atoms. The van der Waals surface area contributed by atoms with Gasteiger partial charge in [0.2, 0.25) is 15.2 Å². The maximum Gasteiger partial charge on any atom is 0.243 e. The van der Waals surface area contributed by atoms with Gasteiger partial charge in [-0.05, 0) is 30.0 Å². The van der Waals surface area contributed by atoms with Gasteiger partial charge in [-0.25, -0.2) is 8.42 Å². The van der Waals surface area contributed by atoms with Crippen molar-refractivity contribution < 1.29 is 8.42 Å². The van der Waals surface area contributed by atoms with Gasteiger partial charge in [-0.2, -0.15) is 13.7 Å². The number of rotatable bonds is 4. The van der Waals surface area contributed by atoms with Gasteiger partial charge in [-0.15, -0.1) is 0 Å². The molecule has 3 aromatic rings. The summed E-state index contributed by atoms with van der Waals surface area (Å²) < 4.78 is 32.2. The first-order valence-corrected chi connectivity index (χ1v) is 12.6. The van der Waals surface area contributed by atoms with E-state index in [1.165, 1.54) is 17.1 Å². The number of nitrogens with zero attached hydrogens (tertiary/aromatic N) is 4. The van der Waals surface area contributed by atoms with Gasteiger partial charge in [0.25, 0.3) is 0 Å². The topological polar surface area (TPSA) is 66.4 Å². The zero-order valence-corrected chi connectivity index (χ0v) is 20.0. The molecule has 1 aliphatic rings. The predicted molar refractivity (Wildman–Crippen MR) is 126 cm³/mol. The van der Waals surface area contributed by atoms with E-state index in [0.717, 1.165) is 16.3 Å². The summed E-state index contributed by atoms with van der Waals surface area (Å²) in [6, 6.07) is 15.4. The molecule has 0 atom stereocenters. The third kappa shape index (κ3) is 4.66. The van der Waals surface area contributed by atoms with Crippen molar-refractivity contribution in [2.45, 2.75) is 38.0 Å². The Bertz CT molecular complexity index is 1140. The first-order valence-electron chi connectivity index (χ1n) is 10.4. The van der Waals surface area contributed by atoms with Gasteiger partial charge in [-0.1, -0.05) is 62.7 Å². The summed E-state index contributed by atoms with van der Waals surface area (Å²) in [5.41, 5.74) is 3.31. The fourth-order valence-electron chi connectivity index (χ4n) is 3.56. The molecular formula is C23H28N4O2S2. The minimum absolute atomic E-state index is 0.00685. The Morgan fingerprint density at radius 1 is 0.903 bits per heavy atom. The quantitative estimate of drug-likeness (QED) is 0.585. The van der Waals surface area contributed by atoms with E-state index in [0.29, 0.717) is 36.9 Å². The van der Waals surface area contributed by atoms with E-state index in [1.54, 1.807) is 16.4 Å². The lowest BCUT2D eigenvalue weighted by molar-refractivity contribution is 0.384. The lowest BCUT2D eigenvalue weighted by Gasteiger charge is -2.33. The number of benzene rings is 2. The number of aromatic nitrogens is 2. The van der Waals surface area contributed by atoms with Gasteiger partial charge < -0.3 is 4.90 Å². The van der Waals surface area contributed by atoms with Crippen LogP contribution in [0.15, 0.2) is 53.4 Å². The monoisotopic (exact) mass is 456 g/mol. The van der Waals surface area contributed by atoms with Crippen molar-refractivity contribution in [1.29, 1.82) is 0 Å². The fourth-order valence-corrected chi connectivity index (χ4v) is 5.72. The molecule has 2 heterocycles. The number of hydrogen-bond donors (Lipinski definition) is 0. The average Bonchev–Trinajstić information content (AvgIpc) is 3.24. The molecular weight excluding hydrogens is 428 g/mol. The summed E-state index contributed by atoms with van der Waals surface area (Å²) in [6.45, 7) is 10.5. The molecule has 0 bridgehead atoms. The molecule has 0 radical (unpaired) electrons. The second-order valence-electron chi connectivity index (χ2n) is 8.93. The molecule has 4 rings (SSSR count). The minimum Gasteiger partial charge on any atom is -0.344 e. The van der Waals surface area contributed by atoms with E-state index in [2.05, 4.69) is 42.0 Å². The third-order valence-corrected chi connectivity index (χ3v) is 8.28. The van der Waals surface area contributed by atoms with Gasteiger partial charge in [0, 0.05) is 43.3 Å². The number of anilines is 1. The van der Waals surface area contributed by atoms with Crippen molar-refractivity contribution in [1.82, 2.24) is 13.7 Å². The Balaban J connectivity index is 1.43. The Morgan fingerprint density at radius 2 is 1.52 bits per heavy atom. The Labute approximate surface area is 188 Å². The van der Waals surface area contributed by atoms with Crippen LogP contribution in [-0.2, 0) is 15.4 Å². The molecule has 0 unspecified atom stereocenters. The second kappa shape index (κ2) is 8.33. The van der Waals surface area contributed by atoms with Crippen LogP contribution in [0.1, 0.15) is 31.9 Å². The SMILES string of the molecule is Cc1ccc(-c2nsc(N3CCN(S(=O)(=O)c4ccc(C(C)(C)C)cc4)CC3)n2)cc1. The highest BCUT2D eigenvalue weighted by Crippen LogP contribution is 2.28. The highest BCUT2D eigenvalue weighted by atomic mass is 32.2. The van der Waals surface area contributed by atoms with Crippen molar-refractivity contribution in [3.63, 3.8) is 0 Å². The van der Waals surface area contributed by atoms with E-state index >= 15 is 0 Å². The van der Waals surface area contributed by atoms with Gasteiger partial charge in [0.05, 0.1) is 4.90 Å². The lowest BCUT2D eigenvalue weighted by atomic mass is 9.87. The van der Waals surface area contributed by atoms with Crippen LogP contribution in [0.4, 0.5) is 5.13 Å². The maximum atomic E-state index is 13.1. The van der Waals surface area contributed by atoms with Crippen LogP contribution in [0.5, 0.6) is 0 Å². The summed E-state index contributed by atoms with van der Waals surface area (Å²) in [4.78, 5) is 7.15. The molecule has 0 aliphatic carbocycles. The molecule has 2 aromatic carbocycles. The molecule has 8 heteroatoms. The van der Waals surface area contributed by atoms with Crippen LogP contribution in [0.2, 0.25) is 0 Å². The van der Waals surface area contributed by atoms with E-state index in [4.69, 9.17) is 0 Å². The van der Waals surface area contributed by atoms with Crippen LogP contribution in [0.3, 0.4) is 0 Å². The number of piperazine rings is 1. The summed E-state index contributed by atoms with van der Waals surface area (Å²) in [5, 5.41) is 0.835. The normalized spacial score (nSPS) is 15.9. The van der Waals surface area contributed by atoms with Gasteiger partial charge >= 0.3 is 0 Å². The Morgan fingerprint density at radius 3 is 2.10 bits per heavy atom. The standard InChI is InChI=1S/C23H28N4O2S2/c1-17-5-7-18(8-6-17)21-24-22(30-25-21)26-13-15-27(16-14-26)31(28,29)20-11-9-19(10-12-20)23(2,3)4/h5-12H,13-16H2,1-4H3. The van der Waals surface area contributed by atoms with Crippen molar-refractivity contribution in [3.8, 4) is 11.4 Å². The Kier molecular flexibility index (Phi) is 5.89. The fraction of sp³-hybridized carbons (Fsp3) is 0.391. The minimum atomic E-state index is -3.50. The summed E-state index contributed by atoms with van der Waals surface area (Å²) in [6.07, 6.45) is 0. The largest absolute Gasteiger partial charge is 0.344 e. The van der Waals surface area contributed by atoms with Crippen molar-refractivity contribution in [2.24, 2.45) is 0 Å². The molecule has 31 heavy (non-hydrogen) atoms. The third-order valence-electron chi connectivity index (χ3n) is 5.59. The molecule has 164 valence electrons. The molecule has 0 N–H and O–H groups in total. The van der Waals surface area contributed by atoms with Crippen LogP contribution in [-0.4, -0.2) is 48.3 Å². The highest BCUT2D eigenvalue weighted by molar-refractivity contribution is 7.89. The van der Waals surface area contributed by atoms with Crippen LogP contribution < -0.4 is 4.90 Å². The summed E-state index contributed by atoms with van der Waals surface area (Å²) in [5.74, 6) is 0.717. The molecule has 6 nitrogen and oxygen atoms in total. The highest BCUT2D eigenvalue weighted by Gasteiger charge is 2.30. The predicted octanol–water partition coefficient (Wildman–Crippen LogP) is 4.32.